The zero-order valence-corrected chi connectivity index (χ0v) is 8.97. The van der Waals surface area contributed by atoms with E-state index in [9.17, 15) is 9.59 Å². The van der Waals surface area contributed by atoms with Gasteiger partial charge in [-0.05, 0) is 39.5 Å². The third-order valence-electron chi connectivity index (χ3n) is 2.66. The standard InChI is InChI=1S/C11H18O3/c1-9(12)8-10(13)14-11(2)6-4-3-5-7-11/h3-8H2,1-2H3. The summed E-state index contributed by atoms with van der Waals surface area (Å²) in [4.78, 5) is 22.0. The highest BCUT2D eigenvalue weighted by atomic mass is 16.6. The Balaban J connectivity index is 2.41. The summed E-state index contributed by atoms with van der Waals surface area (Å²) in [5.74, 6) is -0.503. The Hall–Kier alpha value is -0.860. The molecule has 1 rings (SSSR count). The molecular formula is C11H18O3. The fourth-order valence-corrected chi connectivity index (χ4v) is 1.92. The summed E-state index contributed by atoms with van der Waals surface area (Å²) in [6, 6.07) is 0. The molecular weight excluding hydrogens is 180 g/mol. The van der Waals surface area contributed by atoms with Crippen LogP contribution in [-0.4, -0.2) is 17.4 Å². The number of ketones is 1. The van der Waals surface area contributed by atoms with Crippen LogP contribution in [0.5, 0.6) is 0 Å². The van der Waals surface area contributed by atoms with Crippen LogP contribution in [0.1, 0.15) is 52.4 Å². The fraction of sp³-hybridized carbons (Fsp3) is 0.818. The molecule has 0 saturated heterocycles. The summed E-state index contributed by atoms with van der Waals surface area (Å²) in [7, 11) is 0. The van der Waals surface area contributed by atoms with Crippen LogP contribution in [0.25, 0.3) is 0 Å². The van der Waals surface area contributed by atoms with Gasteiger partial charge < -0.3 is 4.74 Å². The zero-order valence-electron chi connectivity index (χ0n) is 8.97. The summed E-state index contributed by atoms with van der Waals surface area (Å²) in [5, 5.41) is 0. The molecule has 3 nitrogen and oxygen atoms in total. The van der Waals surface area contributed by atoms with Crippen LogP contribution in [0.4, 0.5) is 0 Å². The number of rotatable bonds is 3. The molecule has 80 valence electrons. The summed E-state index contributed by atoms with van der Waals surface area (Å²) < 4.78 is 5.33. The summed E-state index contributed by atoms with van der Waals surface area (Å²) in [5.41, 5.74) is -0.315. The second-order valence-corrected chi connectivity index (χ2v) is 4.36. The molecule has 1 aliphatic carbocycles. The predicted octanol–water partition coefficient (Wildman–Crippen LogP) is 2.23. The van der Waals surface area contributed by atoms with Gasteiger partial charge in [-0.2, -0.15) is 0 Å². The molecule has 0 heterocycles. The van der Waals surface area contributed by atoms with Gasteiger partial charge in [-0.15, -0.1) is 0 Å². The van der Waals surface area contributed by atoms with Crippen molar-refractivity contribution in [3.05, 3.63) is 0 Å². The number of esters is 1. The molecule has 0 unspecified atom stereocenters. The Morgan fingerprint density at radius 3 is 2.29 bits per heavy atom. The molecule has 0 radical (unpaired) electrons. The van der Waals surface area contributed by atoms with Crippen LogP contribution in [0.15, 0.2) is 0 Å². The monoisotopic (exact) mass is 198 g/mol. The number of hydrogen-bond acceptors (Lipinski definition) is 3. The van der Waals surface area contributed by atoms with Crippen LogP contribution < -0.4 is 0 Å². The van der Waals surface area contributed by atoms with Gasteiger partial charge in [-0.1, -0.05) is 6.42 Å². The van der Waals surface area contributed by atoms with Gasteiger partial charge in [0.15, 0.2) is 0 Å². The second kappa shape index (κ2) is 4.58. The number of ether oxygens (including phenoxy) is 1. The van der Waals surface area contributed by atoms with Crippen molar-refractivity contribution < 1.29 is 14.3 Å². The Bertz CT molecular complexity index is 227. The topological polar surface area (TPSA) is 43.4 Å². The maximum absolute atomic E-state index is 11.3. The first kappa shape index (κ1) is 11.2. The SMILES string of the molecule is CC(=O)CC(=O)OC1(C)CCCCC1. The van der Waals surface area contributed by atoms with E-state index in [2.05, 4.69) is 0 Å². The largest absolute Gasteiger partial charge is 0.459 e. The van der Waals surface area contributed by atoms with Crippen molar-refractivity contribution in [3.63, 3.8) is 0 Å². The first-order chi connectivity index (χ1) is 6.52. The maximum Gasteiger partial charge on any atom is 0.313 e. The third-order valence-corrected chi connectivity index (χ3v) is 2.66. The Morgan fingerprint density at radius 1 is 1.21 bits per heavy atom. The molecule has 0 aromatic carbocycles. The third kappa shape index (κ3) is 3.48. The first-order valence-electron chi connectivity index (χ1n) is 5.23. The minimum absolute atomic E-state index is 0.0877. The second-order valence-electron chi connectivity index (χ2n) is 4.36. The molecule has 0 aromatic heterocycles. The number of carbonyl (C=O) groups excluding carboxylic acids is 2. The van der Waals surface area contributed by atoms with E-state index in [4.69, 9.17) is 4.74 Å². The lowest BCUT2D eigenvalue weighted by Gasteiger charge is -2.33. The van der Waals surface area contributed by atoms with Crippen LogP contribution in [-0.2, 0) is 14.3 Å². The lowest BCUT2D eigenvalue weighted by Crippen LogP contribution is -2.34. The Kier molecular flexibility index (Phi) is 3.67. The van der Waals surface area contributed by atoms with Crippen molar-refractivity contribution in [1.82, 2.24) is 0 Å². The first-order valence-corrected chi connectivity index (χ1v) is 5.23. The highest BCUT2D eigenvalue weighted by Gasteiger charge is 2.30. The lowest BCUT2D eigenvalue weighted by molar-refractivity contribution is -0.161. The maximum atomic E-state index is 11.3. The van der Waals surface area contributed by atoms with Crippen LogP contribution >= 0.6 is 0 Å². The zero-order chi connectivity index (χ0) is 10.6. The molecule has 0 atom stereocenters. The lowest BCUT2D eigenvalue weighted by atomic mass is 9.86. The van der Waals surface area contributed by atoms with Crippen molar-refractivity contribution in [1.29, 1.82) is 0 Å². The minimum atomic E-state index is -0.373. The van der Waals surface area contributed by atoms with E-state index in [1.54, 1.807) is 0 Å². The van der Waals surface area contributed by atoms with Crippen molar-refractivity contribution in [2.24, 2.45) is 0 Å². The molecule has 1 aliphatic rings. The average Bonchev–Trinajstić information content (AvgIpc) is 2.02. The molecule has 0 bridgehead atoms. The van der Waals surface area contributed by atoms with Gasteiger partial charge in [-0.3, -0.25) is 9.59 Å². The van der Waals surface area contributed by atoms with Gasteiger partial charge in [0.1, 0.15) is 17.8 Å². The van der Waals surface area contributed by atoms with E-state index in [-0.39, 0.29) is 23.8 Å². The predicted molar refractivity (Wildman–Crippen MR) is 52.9 cm³/mol. The molecule has 0 spiro atoms. The quantitative estimate of drug-likeness (QED) is 0.516. The Morgan fingerprint density at radius 2 is 1.79 bits per heavy atom. The van der Waals surface area contributed by atoms with Gasteiger partial charge in [0.2, 0.25) is 0 Å². The van der Waals surface area contributed by atoms with Gasteiger partial charge in [0, 0.05) is 0 Å². The Labute approximate surface area is 84.8 Å². The highest BCUT2D eigenvalue weighted by Crippen LogP contribution is 2.31. The summed E-state index contributed by atoms with van der Waals surface area (Å²) in [6.07, 6.45) is 5.22. The van der Waals surface area contributed by atoms with Crippen LogP contribution in [0.3, 0.4) is 0 Å². The minimum Gasteiger partial charge on any atom is -0.459 e. The van der Waals surface area contributed by atoms with E-state index in [0.717, 1.165) is 25.7 Å². The average molecular weight is 198 g/mol. The molecule has 0 N–H and O–H groups in total. The number of Topliss-reactive ketones (excluding diaryl/α,β-unsaturated/α-hetero) is 1. The molecule has 0 amide bonds. The normalized spacial score (nSPS) is 20.1. The van der Waals surface area contributed by atoms with Crippen molar-refractivity contribution in [2.75, 3.05) is 0 Å². The molecule has 0 aliphatic heterocycles. The highest BCUT2D eigenvalue weighted by molar-refractivity contribution is 5.94. The van der Waals surface area contributed by atoms with Crippen molar-refractivity contribution in [2.45, 2.75) is 58.0 Å². The van der Waals surface area contributed by atoms with E-state index in [1.165, 1.54) is 13.3 Å². The molecule has 3 heteroatoms. The molecule has 1 fully saturated rings. The number of hydrogen-bond donors (Lipinski definition) is 0. The summed E-state index contributed by atoms with van der Waals surface area (Å²) >= 11 is 0. The van der Waals surface area contributed by atoms with Crippen LogP contribution in [0, 0.1) is 0 Å². The molecule has 14 heavy (non-hydrogen) atoms. The smallest absolute Gasteiger partial charge is 0.313 e. The molecule has 0 aromatic rings. The van der Waals surface area contributed by atoms with Gasteiger partial charge in [0.25, 0.3) is 0 Å². The van der Waals surface area contributed by atoms with Crippen LogP contribution in [0.2, 0.25) is 0 Å². The van der Waals surface area contributed by atoms with Crippen molar-refractivity contribution >= 4 is 11.8 Å². The van der Waals surface area contributed by atoms with E-state index in [1.807, 2.05) is 6.92 Å². The van der Waals surface area contributed by atoms with E-state index >= 15 is 0 Å². The van der Waals surface area contributed by atoms with E-state index in [0.29, 0.717) is 0 Å². The number of carbonyl (C=O) groups is 2. The van der Waals surface area contributed by atoms with Gasteiger partial charge in [0.05, 0.1) is 0 Å². The van der Waals surface area contributed by atoms with Gasteiger partial charge >= 0.3 is 5.97 Å². The van der Waals surface area contributed by atoms with E-state index < -0.39 is 0 Å². The van der Waals surface area contributed by atoms with Crippen molar-refractivity contribution in [3.8, 4) is 0 Å². The van der Waals surface area contributed by atoms with Gasteiger partial charge in [-0.25, -0.2) is 0 Å². The summed E-state index contributed by atoms with van der Waals surface area (Å²) in [6.45, 7) is 3.37. The molecule has 1 saturated carbocycles. The fourth-order valence-electron chi connectivity index (χ4n) is 1.92.